The van der Waals surface area contributed by atoms with Crippen molar-refractivity contribution in [3.05, 3.63) is 77.4 Å². The summed E-state index contributed by atoms with van der Waals surface area (Å²) in [5.74, 6) is 1.32. The van der Waals surface area contributed by atoms with Gasteiger partial charge in [-0.15, -0.1) is 13.2 Å². The summed E-state index contributed by atoms with van der Waals surface area (Å²) in [5, 5.41) is 0. The number of unbranched alkanes of at least 4 members (excludes halogenated alkanes) is 1. The van der Waals surface area contributed by atoms with Crippen LogP contribution >= 0.6 is 0 Å². The molecule has 4 N–H and O–H groups in total. The topological polar surface area (TPSA) is 55.3 Å². The van der Waals surface area contributed by atoms with Crippen molar-refractivity contribution in [1.82, 2.24) is 4.90 Å². The lowest BCUT2D eigenvalue weighted by molar-refractivity contribution is 0.294. The Morgan fingerprint density at radius 2 is 1.76 bits per heavy atom. The number of benzene rings is 2. The summed E-state index contributed by atoms with van der Waals surface area (Å²) in [5.41, 5.74) is 19.2. The molecule has 2 unspecified atom stereocenters. The summed E-state index contributed by atoms with van der Waals surface area (Å²) in [7, 11) is 2.20. The molecule has 3 nitrogen and oxygen atoms in total. The van der Waals surface area contributed by atoms with Gasteiger partial charge >= 0.3 is 0 Å². The van der Waals surface area contributed by atoms with E-state index >= 15 is 0 Å². The molecule has 0 spiro atoms. The van der Waals surface area contributed by atoms with Crippen LogP contribution in [0.3, 0.4) is 0 Å². The van der Waals surface area contributed by atoms with Crippen molar-refractivity contribution < 1.29 is 0 Å². The van der Waals surface area contributed by atoms with E-state index in [2.05, 4.69) is 83.1 Å². The van der Waals surface area contributed by atoms with E-state index in [0.29, 0.717) is 5.92 Å². The van der Waals surface area contributed by atoms with Crippen molar-refractivity contribution in [2.75, 3.05) is 25.9 Å². The molecule has 0 aromatic heterocycles. The third kappa shape index (κ3) is 10.6. The van der Waals surface area contributed by atoms with E-state index in [1.54, 1.807) is 0 Å². The van der Waals surface area contributed by atoms with Gasteiger partial charge in [-0.2, -0.15) is 0 Å². The van der Waals surface area contributed by atoms with Gasteiger partial charge in [0.1, 0.15) is 0 Å². The van der Waals surface area contributed by atoms with Gasteiger partial charge in [0.05, 0.1) is 0 Å². The molecule has 0 aliphatic carbocycles. The molecule has 0 bridgehead atoms. The van der Waals surface area contributed by atoms with Crippen molar-refractivity contribution in [2.24, 2.45) is 11.7 Å². The molecule has 2 aromatic carbocycles. The molecule has 1 heterocycles. The van der Waals surface area contributed by atoms with Crippen LogP contribution in [0.2, 0.25) is 0 Å². The van der Waals surface area contributed by atoms with Gasteiger partial charge in [0.15, 0.2) is 0 Å². The zero-order valence-corrected chi connectivity index (χ0v) is 22.6. The van der Waals surface area contributed by atoms with E-state index < -0.39 is 0 Å². The summed E-state index contributed by atoms with van der Waals surface area (Å²) in [6, 6.07) is 13.0. The van der Waals surface area contributed by atoms with E-state index in [0.717, 1.165) is 31.2 Å². The molecule has 2 atom stereocenters. The van der Waals surface area contributed by atoms with Crippen molar-refractivity contribution in [2.45, 2.75) is 79.7 Å². The van der Waals surface area contributed by atoms with Gasteiger partial charge in [0.2, 0.25) is 0 Å². The maximum absolute atomic E-state index is 5.97. The molecule has 0 fully saturated rings. The number of anilines is 1. The van der Waals surface area contributed by atoms with Crippen molar-refractivity contribution in [1.29, 1.82) is 0 Å². The highest BCUT2D eigenvalue weighted by atomic mass is 15.1. The van der Waals surface area contributed by atoms with Gasteiger partial charge < -0.3 is 16.4 Å². The second-order valence-electron chi connectivity index (χ2n) is 8.87. The molecule has 1 aliphatic heterocycles. The van der Waals surface area contributed by atoms with Gasteiger partial charge in [-0.25, -0.2) is 0 Å². The molecule has 3 heteroatoms. The summed E-state index contributed by atoms with van der Waals surface area (Å²) in [6.07, 6.45) is 5.17. The quantitative estimate of drug-likeness (QED) is 0.271. The van der Waals surface area contributed by atoms with E-state index in [9.17, 15) is 0 Å². The third-order valence-corrected chi connectivity index (χ3v) is 6.11. The molecule has 0 amide bonds. The predicted molar refractivity (Wildman–Crippen MR) is 150 cm³/mol. The summed E-state index contributed by atoms with van der Waals surface area (Å²) in [4.78, 5) is 2.40. The maximum Gasteiger partial charge on any atom is 0.0316 e. The molecule has 3 rings (SSSR count). The number of fused-ring (bicyclic) bond motifs is 1. The Labute approximate surface area is 205 Å². The fourth-order valence-electron chi connectivity index (χ4n) is 4.20. The lowest BCUT2D eigenvalue weighted by atomic mass is 9.82. The summed E-state index contributed by atoms with van der Waals surface area (Å²) < 4.78 is 0. The number of nitrogens with zero attached hydrogens (tertiary/aromatic N) is 1. The van der Waals surface area contributed by atoms with Crippen molar-refractivity contribution >= 4 is 5.69 Å². The minimum Gasteiger partial charge on any atom is -0.399 e. The zero-order valence-electron chi connectivity index (χ0n) is 22.6. The first-order chi connectivity index (χ1) is 15.8. The van der Waals surface area contributed by atoms with Crippen LogP contribution in [0.1, 0.15) is 87.1 Å². The largest absolute Gasteiger partial charge is 0.399 e. The molecule has 186 valence electrons. The number of nitrogen functional groups attached to an aromatic ring is 1. The van der Waals surface area contributed by atoms with Crippen molar-refractivity contribution in [3.63, 3.8) is 0 Å². The third-order valence-electron chi connectivity index (χ3n) is 6.11. The molecule has 0 saturated heterocycles. The molecular weight excluding hydrogens is 402 g/mol. The van der Waals surface area contributed by atoms with Crippen LogP contribution in [0.4, 0.5) is 5.69 Å². The van der Waals surface area contributed by atoms with Gasteiger partial charge in [-0.1, -0.05) is 76.8 Å². The fraction of sp³-hybridized carbons (Fsp3) is 0.533. The van der Waals surface area contributed by atoms with Gasteiger partial charge in [-0.3, -0.25) is 0 Å². The van der Waals surface area contributed by atoms with E-state index in [4.69, 9.17) is 11.5 Å². The number of hydrogen-bond acceptors (Lipinski definition) is 3. The van der Waals surface area contributed by atoms with Crippen LogP contribution in [0.15, 0.2) is 49.6 Å². The van der Waals surface area contributed by atoms with Gasteiger partial charge in [0, 0.05) is 24.7 Å². The Morgan fingerprint density at radius 3 is 2.33 bits per heavy atom. The minimum absolute atomic E-state index is 0.422. The number of hydrogen-bond donors (Lipinski definition) is 2. The maximum atomic E-state index is 5.97. The first-order valence-corrected chi connectivity index (χ1v) is 12.7. The second kappa shape index (κ2) is 17.4. The average Bonchev–Trinajstić information content (AvgIpc) is 2.82. The lowest BCUT2D eigenvalue weighted by Crippen LogP contribution is -2.31. The standard InChI is InChI=1S/C18H22N2.C8H19N.C2H6.C2H4/c1-12-7-13(2)17-10-20(3)11-18(16(17)8-12)14-5-4-6-15(19)9-14;1-3-8(2)6-4-5-7-9;2*1-2/h4-9,18H,10-11,19H2,1-3H3;8H,3-7,9H2,1-2H3;1-2H3;1-2H2. The van der Waals surface area contributed by atoms with Crippen LogP contribution in [-0.4, -0.2) is 25.0 Å². The highest BCUT2D eigenvalue weighted by Crippen LogP contribution is 2.35. The minimum atomic E-state index is 0.422. The van der Waals surface area contributed by atoms with Crippen LogP contribution < -0.4 is 11.5 Å². The normalized spacial score (nSPS) is 15.5. The second-order valence-corrected chi connectivity index (χ2v) is 8.87. The van der Waals surface area contributed by atoms with Crippen LogP contribution in [0.25, 0.3) is 0 Å². The highest BCUT2D eigenvalue weighted by molar-refractivity contribution is 5.49. The SMILES string of the molecule is C=C.CC.CCC(C)CCCCN.Cc1cc(C)c2c(c1)C(c1cccc(N)c1)CN(C)C2. The Hall–Kier alpha value is -2.10. The van der Waals surface area contributed by atoms with E-state index in [-0.39, 0.29) is 0 Å². The first-order valence-electron chi connectivity index (χ1n) is 12.7. The van der Waals surface area contributed by atoms with Gasteiger partial charge in [0.25, 0.3) is 0 Å². The monoisotopic (exact) mass is 453 g/mol. The molecule has 33 heavy (non-hydrogen) atoms. The smallest absolute Gasteiger partial charge is 0.0316 e. The first kappa shape index (κ1) is 30.9. The Balaban J connectivity index is 0.000000669. The zero-order chi connectivity index (χ0) is 25.4. The molecule has 0 radical (unpaired) electrons. The molecule has 2 aromatic rings. The number of aryl methyl sites for hydroxylation is 2. The Bertz CT molecular complexity index is 784. The molecule has 1 aliphatic rings. The van der Waals surface area contributed by atoms with Crippen molar-refractivity contribution in [3.8, 4) is 0 Å². The number of nitrogens with two attached hydrogens (primary N) is 2. The van der Waals surface area contributed by atoms with Crippen LogP contribution in [0, 0.1) is 19.8 Å². The highest BCUT2D eigenvalue weighted by Gasteiger charge is 2.26. The summed E-state index contributed by atoms with van der Waals surface area (Å²) >= 11 is 0. The molecular formula is C30H51N3. The van der Waals surface area contributed by atoms with E-state index in [1.165, 1.54) is 53.5 Å². The van der Waals surface area contributed by atoms with Gasteiger partial charge in [-0.05, 0) is 74.2 Å². The number of rotatable bonds is 6. The average molecular weight is 454 g/mol. The van der Waals surface area contributed by atoms with Crippen LogP contribution in [0.5, 0.6) is 0 Å². The fourth-order valence-corrected chi connectivity index (χ4v) is 4.20. The Morgan fingerprint density at radius 1 is 1.09 bits per heavy atom. The Kier molecular flexibility index (Phi) is 16.3. The lowest BCUT2D eigenvalue weighted by Gasteiger charge is -2.34. The van der Waals surface area contributed by atoms with Crippen LogP contribution in [-0.2, 0) is 6.54 Å². The van der Waals surface area contributed by atoms with E-state index in [1.807, 2.05) is 19.9 Å². The predicted octanol–water partition coefficient (Wildman–Crippen LogP) is 7.45. The summed E-state index contributed by atoms with van der Waals surface area (Å²) in [6.45, 7) is 21.9. The molecule has 0 saturated carbocycles. The number of likely N-dealkylation sites (N-methyl/N-ethyl adjacent to an activating group) is 1.